The van der Waals surface area contributed by atoms with Gasteiger partial charge >= 0.3 is 0 Å². The van der Waals surface area contributed by atoms with Crippen LogP contribution in [-0.4, -0.2) is 43.7 Å². The van der Waals surface area contributed by atoms with E-state index in [0.29, 0.717) is 41.2 Å². The summed E-state index contributed by atoms with van der Waals surface area (Å²) in [5.74, 6) is 1.30. The Hall–Kier alpha value is -1.46. The van der Waals surface area contributed by atoms with Crippen molar-refractivity contribution in [2.24, 2.45) is 11.7 Å². The topological polar surface area (TPSA) is 64.8 Å². The zero-order valence-electron chi connectivity index (χ0n) is 15.4. The molecule has 0 spiro atoms. The third kappa shape index (κ3) is 5.02. The molecule has 1 aliphatic rings. The van der Waals surface area contributed by atoms with E-state index >= 15 is 0 Å². The summed E-state index contributed by atoms with van der Waals surface area (Å²) in [7, 11) is 1.56. The number of piperidine rings is 1. The Morgan fingerprint density at radius 2 is 2.24 bits per heavy atom. The van der Waals surface area contributed by atoms with Crippen LogP contribution in [0.25, 0.3) is 0 Å². The molecule has 0 radical (unpaired) electrons. The van der Waals surface area contributed by atoms with Crippen molar-refractivity contribution in [1.29, 1.82) is 0 Å². The van der Waals surface area contributed by atoms with Gasteiger partial charge in [-0.1, -0.05) is 24.9 Å². The van der Waals surface area contributed by atoms with E-state index in [-0.39, 0.29) is 11.9 Å². The first-order valence-electron chi connectivity index (χ1n) is 9.03. The maximum absolute atomic E-state index is 12.9. The van der Waals surface area contributed by atoms with Crippen molar-refractivity contribution in [1.82, 2.24) is 4.90 Å². The highest BCUT2D eigenvalue weighted by atomic mass is 35.5. The number of hydrogen-bond acceptors (Lipinski definition) is 4. The van der Waals surface area contributed by atoms with Crippen LogP contribution >= 0.6 is 11.6 Å². The van der Waals surface area contributed by atoms with Gasteiger partial charge in [-0.3, -0.25) is 4.79 Å². The molecule has 140 valence electrons. The first kappa shape index (κ1) is 19.9. The van der Waals surface area contributed by atoms with Crippen LogP contribution in [0.15, 0.2) is 12.1 Å². The SMILES string of the molecule is CCCCOc1c(Cl)cc(C(=O)N2CCCC(C(C)N)C2)cc1OC. The van der Waals surface area contributed by atoms with Crippen molar-refractivity contribution >= 4 is 17.5 Å². The van der Waals surface area contributed by atoms with E-state index in [1.165, 1.54) is 0 Å². The van der Waals surface area contributed by atoms with E-state index < -0.39 is 0 Å². The fourth-order valence-corrected chi connectivity index (χ4v) is 3.37. The summed E-state index contributed by atoms with van der Waals surface area (Å²) in [5.41, 5.74) is 6.54. The molecule has 0 bridgehead atoms. The Morgan fingerprint density at radius 1 is 1.48 bits per heavy atom. The highest BCUT2D eigenvalue weighted by molar-refractivity contribution is 6.32. The molecule has 1 aromatic rings. The van der Waals surface area contributed by atoms with E-state index in [0.717, 1.165) is 32.2 Å². The molecule has 1 heterocycles. The van der Waals surface area contributed by atoms with E-state index in [9.17, 15) is 4.79 Å². The summed E-state index contributed by atoms with van der Waals surface area (Å²) >= 11 is 6.36. The fraction of sp³-hybridized carbons (Fsp3) is 0.632. The second-order valence-electron chi connectivity index (χ2n) is 6.70. The Morgan fingerprint density at radius 3 is 2.88 bits per heavy atom. The molecule has 0 aromatic heterocycles. The molecule has 1 fully saturated rings. The van der Waals surface area contributed by atoms with Gasteiger partial charge in [0.05, 0.1) is 18.7 Å². The number of carbonyl (C=O) groups is 1. The number of rotatable bonds is 7. The molecular weight excluding hydrogens is 340 g/mol. The van der Waals surface area contributed by atoms with Crippen LogP contribution in [0.5, 0.6) is 11.5 Å². The number of nitrogens with two attached hydrogens (primary N) is 1. The number of likely N-dealkylation sites (tertiary alicyclic amines) is 1. The molecule has 1 saturated heterocycles. The van der Waals surface area contributed by atoms with Gasteiger partial charge in [-0.05, 0) is 44.2 Å². The number of nitrogens with zero attached hydrogens (tertiary/aromatic N) is 1. The van der Waals surface area contributed by atoms with Crippen molar-refractivity contribution < 1.29 is 14.3 Å². The number of ether oxygens (including phenoxy) is 2. The van der Waals surface area contributed by atoms with E-state index in [1.807, 2.05) is 11.8 Å². The van der Waals surface area contributed by atoms with E-state index in [1.54, 1.807) is 19.2 Å². The molecule has 1 aliphatic heterocycles. The van der Waals surface area contributed by atoms with Crippen LogP contribution in [0, 0.1) is 5.92 Å². The van der Waals surface area contributed by atoms with E-state index in [2.05, 4.69) is 6.92 Å². The first-order valence-corrected chi connectivity index (χ1v) is 9.40. The van der Waals surface area contributed by atoms with Crippen molar-refractivity contribution in [2.75, 3.05) is 26.8 Å². The van der Waals surface area contributed by atoms with Crippen LogP contribution in [0.1, 0.15) is 49.9 Å². The second-order valence-corrected chi connectivity index (χ2v) is 7.11. The Kier molecular flexibility index (Phi) is 7.38. The molecule has 0 aliphatic carbocycles. The average Bonchev–Trinajstić information content (AvgIpc) is 2.62. The van der Waals surface area contributed by atoms with Gasteiger partial charge in [0.15, 0.2) is 11.5 Å². The quantitative estimate of drug-likeness (QED) is 0.745. The Labute approximate surface area is 155 Å². The third-order valence-corrected chi connectivity index (χ3v) is 4.99. The third-order valence-electron chi connectivity index (χ3n) is 4.71. The normalized spacial score (nSPS) is 18.8. The fourth-order valence-electron chi connectivity index (χ4n) is 3.11. The molecule has 2 atom stereocenters. The predicted molar refractivity (Wildman–Crippen MR) is 101 cm³/mol. The number of benzene rings is 1. The molecule has 1 amide bonds. The molecule has 6 heteroatoms. The van der Waals surface area contributed by atoms with Crippen LogP contribution < -0.4 is 15.2 Å². The summed E-state index contributed by atoms with van der Waals surface area (Å²) in [4.78, 5) is 14.8. The van der Waals surface area contributed by atoms with Gasteiger partial charge in [-0.2, -0.15) is 0 Å². The average molecular weight is 369 g/mol. The van der Waals surface area contributed by atoms with Gasteiger partial charge in [0.25, 0.3) is 5.91 Å². The maximum Gasteiger partial charge on any atom is 0.254 e. The van der Waals surface area contributed by atoms with Gasteiger partial charge < -0.3 is 20.1 Å². The van der Waals surface area contributed by atoms with Crippen LogP contribution in [-0.2, 0) is 0 Å². The van der Waals surface area contributed by atoms with Crippen molar-refractivity contribution in [2.45, 2.75) is 45.6 Å². The number of halogens is 1. The smallest absolute Gasteiger partial charge is 0.254 e. The number of amides is 1. The number of hydrogen-bond donors (Lipinski definition) is 1. The number of unbranched alkanes of at least 4 members (excludes halogenated alkanes) is 1. The van der Waals surface area contributed by atoms with Crippen LogP contribution in [0.2, 0.25) is 5.02 Å². The minimum absolute atomic E-state index is 0.0364. The van der Waals surface area contributed by atoms with Gasteiger partial charge in [0.1, 0.15) is 0 Å². The lowest BCUT2D eigenvalue weighted by molar-refractivity contribution is 0.0660. The van der Waals surface area contributed by atoms with Crippen molar-refractivity contribution in [3.8, 4) is 11.5 Å². The summed E-state index contributed by atoms with van der Waals surface area (Å²) in [6, 6.07) is 3.47. The largest absolute Gasteiger partial charge is 0.493 e. The van der Waals surface area contributed by atoms with Crippen molar-refractivity contribution in [3.05, 3.63) is 22.7 Å². The molecular formula is C19H29ClN2O3. The summed E-state index contributed by atoms with van der Waals surface area (Å²) in [6.45, 7) is 6.10. The molecule has 2 unspecified atom stereocenters. The second kappa shape index (κ2) is 9.30. The Balaban J connectivity index is 2.18. The van der Waals surface area contributed by atoms with Crippen LogP contribution in [0.3, 0.4) is 0 Å². The molecule has 2 rings (SSSR count). The van der Waals surface area contributed by atoms with E-state index in [4.69, 9.17) is 26.8 Å². The minimum Gasteiger partial charge on any atom is -0.493 e. The van der Waals surface area contributed by atoms with Crippen molar-refractivity contribution in [3.63, 3.8) is 0 Å². The van der Waals surface area contributed by atoms with Crippen LogP contribution in [0.4, 0.5) is 0 Å². The molecule has 1 aromatic carbocycles. The summed E-state index contributed by atoms with van der Waals surface area (Å²) in [5, 5.41) is 0.402. The first-order chi connectivity index (χ1) is 12.0. The highest BCUT2D eigenvalue weighted by Crippen LogP contribution is 2.37. The van der Waals surface area contributed by atoms with Gasteiger partial charge in [0.2, 0.25) is 0 Å². The standard InChI is InChI=1S/C19H29ClN2O3/c1-4-5-9-25-18-16(20)10-15(11-17(18)24-3)19(23)22-8-6-7-14(12-22)13(2)21/h10-11,13-14H,4-9,12,21H2,1-3H3. The molecule has 2 N–H and O–H groups in total. The minimum atomic E-state index is -0.0364. The van der Waals surface area contributed by atoms with Gasteiger partial charge in [-0.15, -0.1) is 0 Å². The lowest BCUT2D eigenvalue weighted by Gasteiger charge is -2.34. The van der Waals surface area contributed by atoms with Gasteiger partial charge in [-0.25, -0.2) is 0 Å². The lowest BCUT2D eigenvalue weighted by Crippen LogP contribution is -2.45. The van der Waals surface area contributed by atoms with Gasteiger partial charge in [0, 0.05) is 24.7 Å². The number of carbonyl (C=O) groups excluding carboxylic acids is 1. The zero-order chi connectivity index (χ0) is 18.4. The maximum atomic E-state index is 12.9. The zero-order valence-corrected chi connectivity index (χ0v) is 16.1. The monoisotopic (exact) mass is 368 g/mol. The Bertz CT molecular complexity index is 592. The summed E-state index contributed by atoms with van der Waals surface area (Å²) < 4.78 is 11.1. The molecule has 5 nitrogen and oxygen atoms in total. The highest BCUT2D eigenvalue weighted by Gasteiger charge is 2.27. The predicted octanol–water partition coefficient (Wildman–Crippen LogP) is 3.73. The number of methoxy groups -OCH3 is 1. The molecule has 25 heavy (non-hydrogen) atoms. The molecule has 0 saturated carbocycles. The summed E-state index contributed by atoms with van der Waals surface area (Å²) in [6.07, 6.45) is 4.01. The lowest BCUT2D eigenvalue weighted by atomic mass is 9.92.